The molecule has 3 rings (SSSR count). The molecule has 128 valence electrons. The Labute approximate surface area is 155 Å². The van der Waals surface area contributed by atoms with Crippen LogP contribution in [0.5, 0.6) is 0 Å². The van der Waals surface area contributed by atoms with Gasteiger partial charge in [-0.2, -0.15) is 5.10 Å². The van der Waals surface area contributed by atoms with Gasteiger partial charge in [0.25, 0.3) is 0 Å². The molecule has 0 bridgehead atoms. The van der Waals surface area contributed by atoms with Crippen molar-refractivity contribution in [2.45, 2.75) is 6.42 Å². The summed E-state index contributed by atoms with van der Waals surface area (Å²) in [6.07, 6.45) is 1.67. The van der Waals surface area contributed by atoms with E-state index in [1.807, 2.05) is 6.07 Å². The molecule has 1 N–H and O–H groups in total. The SMILES string of the molecule is O=C(N/N=C\c1cccc(Cl)c1)[C@H]1CC(=O)N(c2ccc(Cl)cc2)C1. The largest absolute Gasteiger partial charge is 0.312 e. The third-order valence-corrected chi connectivity index (χ3v) is 4.36. The summed E-state index contributed by atoms with van der Waals surface area (Å²) in [4.78, 5) is 26.0. The van der Waals surface area contributed by atoms with Gasteiger partial charge < -0.3 is 4.90 Å². The fraction of sp³-hybridized carbons (Fsp3) is 0.167. The van der Waals surface area contributed by atoms with E-state index in [0.29, 0.717) is 16.6 Å². The van der Waals surface area contributed by atoms with Crippen LogP contribution >= 0.6 is 23.2 Å². The molecular formula is C18H15Cl2N3O2. The first-order chi connectivity index (χ1) is 12.0. The van der Waals surface area contributed by atoms with E-state index in [2.05, 4.69) is 10.5 Å². The number of amides is 2. The molecule has 0 radical (unpaired) electrons. The zero-order chi connectivity index (χ0) is 17.8. The Bertz CT molecular complexity index is 821. The van der Waals surface area contributed by atoms with Crippen molar-refractivity contribution in [3.63, 3.8) is 0 Å². The Balaban J connectivity index is 1.60. The molecule has 1 fully saturated rings. The van der Waals surface area contributed by atoms with Crippen LogP contribution in [-0.4, -0.2) is 24.6 Å². The molecule has 2 aromatic rings. The first-order valence-corrected chi connectivity index (χ1v) is 8.43. The second kappa shape index (κ2) is 7.68. The predicted octanol–water partition coefficient (Wildman–Crippen LogP) is 3.50. The number of nitrogens with one attached hydrogen (secondary N) is 1. The molecule has 0 unspecified atom stereocenters. The van der Waals surface area contributed by atoms with Crippen LogP contribution in [-0.2, 0) is 9.59 Å². The number of carbonyl (C=O) groups excluding carboxylic acids is 2. The van der Waals surface area contributed by atoms with Gasteiger partial charge in [-0.25, -0.2) is 5.43 Å². The zero-order valence-corrected chi connectivity index (χ0v) is 14.7. The van der Waals surface area contributed by atoms with Crippen molar-refractivity contribution < 1.29 is 9.59 Å². The molecule has 7 heteroatoms. The average molecular weight is 376 g/mol. The van der Waals surface area contributed by atoms with Gasteiger partial charge in [-0.3, -0.25) is 9.59 Å². The minimum atomic E-state index is -0.445. The van der Waals surface area contributed by atoms with Crippen LogP contribution in [0.1, 0.15) is 12.0 Å². The first-order valence-electron chi connectivity index (χ1n) is 7.67. The van der Waals surface area contributed by atoms with Gasteiger partial charge in [-0.1, -0.05) is 35.3 Å². The molecule has 0 spiro atoms. The van der Waals surface area contributed by atoms with Crippen molar-refractivity contribution >= 4 is 46.9 Å². The smallest absolute Gasteiger partial charge is 0.245 e. The average Bonchev–Trinajstić information content (AvgIpc) is 2.97. The van der Waals surface area contributed by atoms with E-state index in [0.717, 1.165) is 11.3 Å². The summed E-state index contributed by atoms with van der Waals surface area (Å²) < 4.78 is 0. The van der Waals surface area contributed by atoms with Crippen LogP contribution < -0.4 is 10.3 Å². The monoisotopic (exact) mass is 375 g/mol. The second-order valence-corrected chi connectivity index (χ2v) is 6.54. The third-order valence-electron chi connectivity index (χ3n) is 3.87. The van der Waals surface area contributed by atoms with Crippen LogP contribution in [0, 0.1) is 5.92 Å². The van der Waals surface area contributed by atoms with E-state index in [1.165, 1.54) is 6.21 Å². The lowest BCUT2D eigenvalue weighted by Gasteiger charge is -2.16. The van der Waals surface area contributed by atoms with Crippen LogP contribution in [0.4, 0.5) is 5.69 Å². The summed E-state index contributed by atoms with van der Waals surface area (Å²) in [7, 11) is 0. The third kappa shape index (κ3) is 4.38. The normalized spacial score (nSPS) is 17.3. The van der Waals surface area contributed by atoms with Gasteiger partial charge in [-0.15, -0.1) is 0 Å². The molecule has 2 aromatic carbocycles. The summed E-state index contributed by atoms with van der Waals surface area (Å²) in [5.41, 5.74) is 3.99. The Morgan fingerprint density at radius 1 is 1.16 bits per heavy atom. The van der Waals surface area contributed by atoms with Crippen LogP contribution in [0.2, 0.25) is 10.0 Å². The molecule has 2 amide bonds. The van der Waals surface area contributed by atoms with E-state index in [4.69, 9.17) is 23.2 Å². The lowest BCUT2D eigenvalue weighted by molar-refractivity contribution is -0.126. The fourth-order valence-electron chi connectivity index (χ4n) is 2.60. The number of hydrogen-bond donors (Lipinski definition) is 1. The van der Waals surface area contributed by atoms with E-state index in [-0.39, 0.29) is 18.2 Å². The number of hydrazone groups is 1. The van der Waals surface area contributed by atoms with Gasteiger partial charge in [0.15, 0.2) is 0 Å². The molecule has 0 aromatic heterocycles. The number of nitrogens with zero attached hydrogens (tertiary/aromatic N) is 2. The summed E-state index contributed by atoms with van der Waals surface area (Å²) in [6.45, 7) is 0.318. The molecule has 1 aliphatic rings. The number of halogens is 2. The van der Waals surface area contributed by atoms with Gasteiger partial charge in [0.2, 0.25) is 11.8 Å². The summed E-state index contributed by atoms with van der Waals surface area (Å²) in [5, 5.41) is 5.12. The molecule has 1 saturated heterocycles. The maximum atomic E-state index is 12.2. The molecule has 0 saturated carbocycles. The highest BCUT2D eigenvalue weighted by molar-refractivity contribution is 6.31. The summed E-state index contributed by atoms with van der Waals surface area (Å²) >= 11 is 11.7. The zero-order valence-electron chi connectivity index (χ0n) is 13.2. The van der Waals surface area contributed by atoms with Crippen molar-refractivity contribution in [2.24, 2.45) is 11.0 Å². The highest BCUT2D eigenvalue weighted by Gasteiger charge is 2.35. The van der Waals surface area contributed by atoms with Gasteiger partial charge in [0, 0.05) is 28.7 Å². The number of carbonyl (C=O) groups is 2. The van der Waals surface area contributed by atoms with Crippen molar-refractivity contribution in [1.29, 1.82) is 0 Å². The van der Waals surface area contributed by atoms with Crippen LogP contribution in [0.15, 0.2) is 53.6 Å². The van der Waals surface area contributed by atoms with E-state index in [9.17, 15) is 9.59 Å². The number of rotatable bonds is 4. The van der Waals surface area contributed by atoms with Gasteiger partial charge in [-0.05, 0) is 42.0 Å². The molecule has 1 atom stereocenters. The van der Waals surface area contributed by atoms with Gasteiger partial charge >= 0.3 is 0 Å². The maximum absolute atomic E-state index is 12.2. The fourth-order valence-corrected chi connectivity index (χ4v) is 2.93. The highest BCUT2D eigenvalue weighted by atomic mass is 35.5. The maximum Gasteiger partial charge on any atom is 0.245 e. The van der Waals surface area contributed by atoms with Crippen molar-refractivity contribution in [2.75, 3.05) is 11.4 Å². The Kier molecular flexibility index (Phi) is 5.36. The molecule has 1 aliphatic heterocycles. The van der Waals surface area contributed by atoms with E-state index >= 15 is 0 Å². The number of hydrogen-bond acceptors (Lipinski definition) is 3. The topological polar surface area (TPSA) is 61.8 Å². The van der Waals surface area contributed by atoms with Crippen molar-refractivity contribution in [3.8, 4) is 0 Å². The van der Waals surface area contributed by atoms with Crippen molar-refractivity contribution in [3.05, 3.63) is 64.1 Å². The predicted molar refractivity (Wildman–Crippen MR) is 99.1 cm³/mol. The lowest BCUT2D eigenvalue weighted by Crippen LogP contribution is -2.30. The molecule has 0 aliphatic carbocycles. The molecular weight excluding hydrogens is 361 g/mol. The Morgan fingerprint density at radius 2 is 1.92 bits per heavy atom. The quantitative estimate of drug-likeness (QED) is 0.656. The molecule has 1 heterocycles. The van der Waals surface area contributed by atoms with Crippen molar-refractivity contribution in [1.82, 2.24) is 5.43 Å². The summed E-state index contributed by atoms with van der Waals surface area (Å²) in [5.74, 6) is -0.830. The highest BCUT2D eigenvalue weighted by Crippen LogP contribution is 2.26. The Hall–Kier alpha value is -2.37. The van der Waals surface area contributed by atoms with E-state index in [1.54, 1.807) is 47.4 Å². The second-order valence-electron chi connectivity index (χ2n) is 5.67. The number of benzene rings is 2. The molecule has 25 heavy (non-hydrogen) atoms. The minimum Gasteiger partial charge on any atom is -0.312 e. The lowest BCUT2D eigenvalue weighted by atomic mass is 10.1. The standard InChI is InChI=1S/C18H15Cl2N3O2/c19-14-4-6-16(7-5-14)23-11-13(9-17(23)24)18(25)22-21-10-12-2-1-3-15(20)8-12/h1-8,10,13H,9,11H2,(H,22,25)/b21-10-/t13-/m0/s1. The summed E-state index contributed by atoms with van der Waals surface area (Å²) in [6, 6.07) is 14.1. The van der Waals surface area contributed by atoms with Gasteiger partial charge in [0.05, 0.1) is 12.1 Å². The van der Waals surface area contributed by atoms with Crippen LogP contribution in [0.3, 0.4) is 0 Å². The Morgan fingerprint density at radius 3 is 2.64 bits per heavy atom. The molecule has 5 nitrogen and oxygen atoms in total. The minimum absolute atomic E-state index is 0.0960. The first kappa shape index (κ1) is 17.5. The van der Waals surface area contributed by atoms with Gasteiger partial charge in [0.1, 0.15) is 0 Å². The van der Waals surface area contributed by atoms with Crippen LogP contribution in [0.25, 0.3) is 0 Å². The number of anilines is 1. The van der Waals surface area contributed by atoms with E-state index < -0.39 is 5.92 Å².